The topological polar surface area (TPSA) is 48.1 Å². The van der Waals surface area contributed by atoms with Gasteiger partial charge in [0.2, 0.25) is 0 Å². The van der Waals surface area contributed by atoms with Gasteiger partial charge in [0, 0.05) is 6.04 Å². The second kappa shape index (κ2) is 16.9. The first-order valence-electron chi connectivity index (χ1n) is 8.66. The fraction of sp³-hybridized carbons (Fsp3) is 1.00. The van der Waals surface area contributed by atoms with Crippen molar-refractivity contribution < 1.29 is 0 Å². The van der Waals surface area contributed by atoms with Crippen molar-refractivity contribution in [3.05, 3.63) is 0 Å². The first kappa shape index (κ1) is 19.8. The van der Waals surface area contributed by atoms with Crippen molar-refractivity contribution in [2.45, 2.75) is 58.9 Å². The summed E-state index contributed by atoms with van der Waals surface area (Å²) in [6, 6.07) is 0.658. The lowest BCUT2D eigenvalue weighted by Crippen LogP contribution is -2.29. The molecule has 0 rings (SSSR count). The summed E-state index contributed by atoms with van der Waals surface area (Å²) >= 11 is 0. The van der Waals surface area contributed by atoms with Crippen molar-refractivity contribution in [2.75, 3.05) is 45.8 Å². The Morgan fingerprint density at radius 2 is 1.20 bits per heavy atom. The van der Waals surface area contributed by atoms with E-state index in [2.05, 4.69) is 42.0 Å². The number of nitrogens with one attached hydrogen (secondary N) is 4. The van der Waals surface area contributed by atoms with E-state index in [1.165, 1.54) is 38.6 Å². The van der Waals surface area contributed by atoms with E-state index in [1.54, 1.807) is 0 Å². The van der Waals surface area contributed by atoms with E-state index in [4.69, 9.17) is 0 Å². The Balaban J connectivity index is 3.09. The molecule has 1 unspecified atom stereocenters. The van der Waals surface area contributed by atoms with Gasteiger partial charge >= 0.3 is 0 Å². The third-order valence-electron chi connectivity index (χ3n) is 3.47. The van der Waals surface area contributed by atoms with Gasteiger partial charge in [-0.2, -0.15) is 0 Å². The Hall–Kier alpha value is -0.160. The molecule has 4 heteroatoms. The maximum atomic E-state index is 3.60. The largest absolute Gasteiger partial charge is 0.317 e. The summed E-state index contributed by atoms with van der Waals surface area (Å²) in [5, 5.41) is 13.8. The van der Waals surface area contributed by atoms with Gasteiger partial charge in [0.25, 0.3) is 0 Å². The van der Waals surface area contributed by atoms with Crippen LogP contribution in [0, 0.1) is 0 Å². The van der Waals surface area contributed by atoms with E-state index in [0.29, 0.717) is 6.04 Å². The van der Waals surface area contributed by atoms with Crippen LogP contribution < -0.4 is 21.3 Å². The van der Waals surface area contributed by atoms with E-state index in [-0.39, 0.29) is 0 Å². The Bertz CT molecular complexity index is 176. The molecule has 0 aliphatic heterocycles. The summed E-state index contributed by atoms with van der Waals surface area (Å²) in [4.78, 5) is 0. The number of hydrogen-bond acceptors (Lipinski definition) is 4. The summed E-state index contributed by atoms with van der Waals surface area (Å²) in [6.07, 6.45) is 6.37. The van der Waals surface area contributed by atoms with E-state index in [0.717, 1.165) is 39.3 Å². The van der Waals surface area contributed by atoms with Crippen LogP contribution >= 0.6 is 0 Å². The highest BCUT2D eigenvalue weighted by Gasteiger charge is 2.00. The van der Waals surface area contributed by atoms with Crippen LogP contribution in [0.2, 0.25) is 0 Å². The molecule has 0 saturated heterocycles. The standard InChI is InChI=1S/C16H38N4/c1-4-17-12-8-14-19-11-7-6-10-16(3)20-15-9-13-18-5-2/h16-20H,4-15H2,1-3H3. The average Bonchev–Trinajstić information content (AvgIpc) is 2.45. The van der Waals surface area contributed by atoms with Gasteiger partial charge < -0.3 is 21.3 Å². The van der Waals surface area contributed by atoms with Crippen molar-refractivity contribution in [1.82, 2.24) is 21.3 Å². The van der Waals surface area contributed by atoms with Crippen LogP contribution in [0.3, 0.4) is 0 Å². The van der Waals surface area contributed by atoms with E-state index >= 15 is 0 Å². The van der Waals surface area contributed by atoms with Crippen LogP contribution in [0.5, 0.6) is 0 Å². The van der Waals surface area contributed by atoms with E-state index < -0.39 is 0 Å². The van der Waals surface area contributed by atoms with Gasteiger partial charge in [-0.25, -0.2) is 0 Å². The van der Waals surface area contributed by atoms with Crippen LogP contribution in [0.1, 0.15) is 52.9 Å². The zero-order chi connectivity index (χ0) is 14.9. The van der Waals surface area contributed by atoms with Crippen molar-refractivity contribution >= 4 is 0 Å². The Morgan fingerprint density at radius 3 is 1.85 bits per heavy atom. The van der Waals surface area contributed by atoms with Crippen molar-refractivity contribution in [3.8, 4) is 0 Å². The molecule has 0 aliphatic carbocycles. The molecule has 0 heterocycles. The predicted molar refractivity (Wildman–Crippen MR) is 90.5 cm³/mol. The van der Waals surface area contributed by atoms with Gasteiger partial charge in [-0.3, -0.25) is 0 Å². The molecule has 0 aromatic heterocycles. The molecule has 0 amide bonds. The second-order valence-electron chi connectivity index (χ2n) is 5.52. The molecule has 122 valence electrons. The second-order valence-corrected chi connectivity index (χ2v) is 5.52. The third-order valence-corrected chi connectivity index (χ3v) is 3.47. The summed E-state index contributed by atoms with van der Waals surface area (Å²) in [5.74, 6) is 0. The highest BCUT2D eigenvalue weighted by atomic mass is 14.9. The van der Waals surface area contributed by atoms with Crippen LogP contribution in [0.25, 0.3) is 0 Å². The minimum Gasteiger partial charge on any atom is -0.317 e. The number of rotatable bonds is 16. The molecule has 0 bridgehead atoms. The maximum Gasteiger partial charge on any atom is 0.00387 e. The number of hydrogen-bond donors (Lipinski definition) is 4. The minimum absolute atomic E-state index is 0.658. The van der Waals surface area contributed by atoms with Crippen molar-refractivity contribution in [3.63, 3.8) is 0 Å². The van der Waals surface area contributed by atoms with Crippen molar-refractivity contribution in [1.29, 1.82) is 0 Å². The first-order valence-corrected chi connectivity index (χ1v) is 8.66. The number of unbranched alkanes of at least 4 members (excludes halogenated alkanes) is 1. The SMILES string of the molecule is CCNCCCNCCCCC(C)NCCCNCC. The summed E-state index contributed by atoms with van der Waals surface area (Å²) in [7, 11) is 0. The molecule has 0 fully saturated rings. The van der Waals surface area contributed by atoms with Crippen LogP contribution in [0.4, 0.5) is 0 Å². The Kier molecular flexibility index (Phi) is 16.8. The lowest BCUT2D eigenvalue weighted by molar-refractivity contribution is 0.472. The quantitative estimate of drug-likeness (QED) is 0.326. The summed E-state index contributed by atoms with van der Waals surface area (Å²) in [5.41, 5.74) is 0. The highest BCUT2D eigenvalue weighted by Crippen LogP contribution is 1.99. The van der Waals surface area contributed by atoms with E-state index in [9.17, 15) is 0 Å². The fourth-order valence-corrected chi connectivity index (χ4v) is 2.18. The van der Waals surface area contributed by atoms with Crippen LogP contribution in [-0.2, 0) is 0 Å². The molecule has 0 spiro atoms. The van der Waals surface area contributed by atoms with Crippen LogP contribution in [0.15, 0.2) is 0 Å². The van der Waals surface area contributed by atoms with Gasteiger partial charge in [0.1, 0.15) is 0 Å². The molecule has 0 radical (unpaired) electrons. The zero-order valence-electron chi connectivity index (χ0n) is 14.1. The van der Waals surface area contributed by atoms with Gasteiger partial charge in [-0.1, -0.05) is 20.3 Å². The zero-order valence-corrected chi connectivity index (χ0v) is 14.1. The highest BCUT2D eigenvalue weighted by molar-refractivity contribution is 4.62. The van der Waals surface area contributed by atoms with Gasteiger partial charge in [0.05, 0.1) is 0 Å². The molecule has 1 atom stereocenters. The monoisotopic (exact) mass is 286 g/mol. The lowest BCUT2D eigenvalue weighted by Gasteiger charge is -2.13. The summed E-state index contributed by atoms with van der Waals surface area (Å²) in [6.45, 7) is 14.5. The molecular formula is C16H38N4. The molecule has 0 aliphatic rings. The molecule has 0 saturated carbocycles. The van der Waals surface area contributed by atoms with Gasteiger partial charge in [-0.05, 0) is 78.4 Å². The molecular weight excluding hydrogens is 248 g/mol. The molecule has 0 aromatic carbocycles. The third kappa shape index (κ3) is 15.9. The molecule has 4 nitrogen and oxygen atoms in total. The molecule has 4 N–H and O–H groups in total. The summed E-state index contributed by atoms with van der Waals surface area (Å²) < 4.78 is 0. The Labute approximate surface area is 126 Å². The van der Waals surface area contributed by atoms with Crippen molar-refractivity contribution in [2.24, 2.45) is 0 Å². The van der Waals surface area contributed by atoms with Crippen LogP contribution in [-0.4, -0.2) is 51.9 Å². The fourth-order valence-electron chi connectivity index (χ4n) is 2.18. The molecule has 20 heavy (non-hydrogen) atoms. The molecule has 0 aromatic rings. The minimum atomic E-state index is 0.658. The van der Waals surface area contributed by atoms with Gasteiger partial charge in [-0.15, -0.1) is 0 Å². The lowest BCUT2D eigenvalue weighted by atomic mass is 10.1. The van der Waals surface area contributed by atoms with Gasteiger partial charge in [0.15, 0.2) is 0 Å². The van der Waals surface area contributed by atoms with E-state index in [1.807, 2.05) is 0 Å². The first-order chi connectivity index (χ1) is 9.81. The maximum absolute atomic E-state index is 3.60. The average molecular weight is 287 g/mol. The normalized spacial score (nSPS) is 12.8. The smallest absolute Gasteiger partial charge is 0.00387 e. The predicted octanol–water partition coefficient (Wildman–Crippen LogP) is 1.72. The Morgan fingerprint density at radius 1 is 0.650 bits per heavy atom.